The van der Waals surface area contributed by atoms with E-state index < -0.39 is 24.2 Å². The van der Waals surface area contributed by atoms with E-state index in [4.69, 9.17) is 25.1 Å². The van der Waals surface area contributed by atoms with Gasteiger partial charge < -0.3 is 30.4 Å². The number of para-hydroxylation sites is 2. The Labute approximate surface area is 232 Å². The molecule has 0 radical (unpaired) electrons. The van der Waals surface area contributed by atoms with E-state index in [1.807, 2.05) is 18.4 Å². The molecule has 0 heterocycles. The molecule has 2 atom stereocenters. The van der Waals surface area contributed by atoms with E-state index in [9.17, 15) is 9.59 Å². The zero-order valence-electron chi connectivity index (χ0n) is 21.8. The fraction of sp³-hybridized carbons (Fsp3) is 0.241. The molecule has 3 aromatic carbocycles. The lowest BCUT2D eigenvalue weighted by molar-refractivity contribution is -0.112. The lowest BCUT2D eigenvalue weighted by atomic mass is 10.0. The summed E-state index contributed by atoms with van der Waals surface area (Å²) >= 11 is 1.59. The van der Waals surface area contributed by atoms with Gasteiger partial charge in [-0.25, -0.2) is 4.79 Å². The summed E-state index contributed by atoms with van der Waals surface area (Å²) < 4.78 is 17.3. The second-order valence-corrected chi connectivity index (χ2v) is 9.06. The lowest BCUT2D eigenvalue weighted by Crippen LogP contribution is -2.28. The van der Waals surface area contributed by atoms with Crippen molar-refractivity contribution in [3.8, 4) is 5.75 Å². The van der Waals surface area contributed by atoms with Crippen molar-refractivity contribution in [2.24, 2.45) is 0 Å². The van der Waals surface area contributed by atoms with Crippen molar-refractivity contribution >= 4 is 40.8 Å². The van der Waals surface area contributed by atoms with Crippen molar-refractivity contribution < 1.29 is 28.9 Å². The van der Waals surface area contributed by atoms with Crippen molar-refractivity contribution in [1.82, 2.24) is 0 Å². The molecule has 9 nitrogen and oxygen atoms in total. The Balaban J connectivity index is 1.85. The van der Waals surface area contributed by atoms with Gasteiger partial charge in [-0.3, -0.25) is 10.1 Å². The first-order chi connectivity index (χ1) is 18.9. The molecule has 0 saturated carbocycles. The molecular formula is C29H33N3O6S. The van der Waals surface area contributed by atoms with E-state index >= 15 is 0 Å². The number of anilines is 3. The number of nitrogens with two attached hydrogens (primary N) is 1. The monoisotopic (exact) mass is 551 g/mol. The third-order valence-electron chi connectivity index (χ3n) is 5.43. The molecule has 39 heavy (non-hydrogen) atoms. The molecule has 206 valence electrons. The zero-order valence-corrected chi connectivity index (χ0v) is 22.6. The molecule has 0 aliphatic carbocycles. The lowest BCUT2D eigenvalue weighted by Gasteiger charge is -2.26. The number of benzene rings is 3. The smallest absolute Gasteiger partial charge is 0.412 e. The number of hydrogen-bond acceptors (Lipinski definition) is 8. The number of aliphatic hydroxyl groups excluding tert-OH is 1. The highest BCUT2D eigenvalue weighted by atomic mass is 32.2. The Hall–Kier alpha value is -3.99. The molecule has 0 fully saturated rings. The van der Waals surface area contributed by atoms with Crippen LogP contribution >= 0.6 is 11.8 Å². The summed E-state index contributed by atoms with van der Waals surface area (Å²) in [5, 5.41) is 14.6. The van der Waals surface area contributed by atoms with Crippen molar-refractivity contribution in [3.05, 3.63) is 90.5 Å². The highest BCUT2D eigenvalue weighted by Gasteiger charge is 2.27. The summed E-state index contributed by atoms with van der Waals surface area (Å²) in [6.07, 6.45) is 2.37. The quantitative estimate of drug-likeness (QED) is 0.129. The van der Waals surface area contributed by atoms with Crippen LogP contribution in [0.25, 0.3) is 0 Å². The average molecular weight is 552 g/mol. The van der Waals surface area contributed by atoms with Crippen LogP contribution < -0.4 is 21.1 Å². The third kappa shape index (κ3) is 9.36. The van der Waals surface area contributed by atoms with Crippen LogP contribution in [0.5, 0.6) is 5.75 Å². The van der Waals surface area contributed by atoms with Gasteiger partial charge in [-0.1, -0.05) is 24.3 Å². The van der Waals surface area contributed by atoms with Crippen LogP contribution in [0, 0.1) is 0 Å². The van der Waals surface area contributed by atoms with Crippen LogP contribution in [0.15, 0.2) is 89.8 Å². The summed E-state index contributed by atoms with van der Waals surface area (Å²) in [5.74, 6) is 0.0643. The second-order valence-electron chi connectivity index (χ2n) is 8.18. The fourth-order valence-electron chi connectivity index (χ4n) is 3.61. The van der Waals surface area contributed by atoms with Crippen molar-refractivity contribution in [1.29, 1.82) is 0 Å². The molecule has 0 unspecified atom stereocenters. The molecular weight excluding hydrogens is 518 g/mol. The number of carbonyl (C=O) groups excluding carboxylic acids is 2. The second kappa shape index (κ2) is 15.4. The van der Waals surface area contributed by atoms with Gasteiger partial charge in [-0.2, -0.15) is 0 Å². The number of carbonyl (C=O) groups is 2. The van der Waals surface area contributed by atoms with Gasteiger partial charge in [0.2, 0.25) is 5.91 Å². The predicted molar refractivity (Wildman–Crippen MR) is 154 cm³/mol. The van der Waals surface area contributed by atoms with E-state index in [-0.39, 0.29) is 13.2 Å². The number of rotatable bonds is 13. The van der Waals surface area contributed by atoms with Gasteiger partial charge in [0.25, 0.3) is 0 Å². The largest absolute Gasteiger partial charge is 0.491 e. The molecule has 3 rings (SSSR count). The van der Waals surface area contributed by atoms with Crippen molar-refractivity contribution in [2.75, 3.05) is 42.4 Å². The summed E-state index contributed by atoms with van der Waals surface area (Å²) in [7, 11) is 0. The number of nitrogen functional groups attached to an aromatic ring is 1. The van der Waals surface area contributed by atoms with Gasteiger partial charge >= 0.3 is 6.09 Å². The van der Waals surface area contributed by atoms with Gasteiger partial charge in [0.1, 0.15) is 18.5 Å². The minimum absolute atomic E-state index is 0.110. The number of ether oxygens (including phenoxy) is 3. The maximum Gasteiger partial charge on any atom is 0.412 e. The number of hydrogen-bond donors (Lipinski definition) is 4. The van der Waals surface area contributed by atoms with Gasteiger partial charge in [0, 0.05) is 23.3 Å². The fourth-order valence-corrected chi connectivity index (χ4v) is 4.02. The number of aliphatic hydroxyl groups is 1. The van der Waals surface area contributed by atoms with E-state index in [0.29, 0.717) is 35.0 Å². The minimum Gasteiger partial charge on any atom is -0.491 e. The van der Waals surface area contributed by atoms with Crippen LogP contribution in [-0.2, 0) is 14.3 Å². The molecule has 0 saturated heterocycles. The normalized spacial score (nSPS) is 12.5. The predicted octanol–water partition coefficient (Wildman–Crippen LogP) is 5.25. The van der Waals surface area contributed by atoms with Crippen LogP contribution in [0.2, 0.25) is 0 Å². The third-order valence-corrected chi connectivity index (χ3v) is 6.17. The molecule has 0 spiro atoms. The average Bonchev–Trinajstić information content (AvgIpc) is 2.95. The van der Waals surface area contributed by atoms with Crippen molar-refractivity contribution in [2.45, 2.75) is 24.0 Å². The van der Waals surface area contributed by atoms with Gasteiger partial charge in [0.15, 0.2) is 6.10 Å². The summed E-state index contributed by atoms with van der Waals surface area (Å²) in [5.41, 5.74) is 7.98. The molecule has 10 heteroatoms. The zero-order chi connectivity index (χ0) is 28.0. The van der Waals surface area contributed by atoms with E-state index in [1.165, 1.54) is 12.2 Å². The number of amides is 2. The Kier molecular flexibility index (Phi) is 11.7. The first-order valence-electron chi connectivity index (χ1n) is 12.3. The Bertz CT molecular complexity index is 1250. The summed E-state index contributed by atoms with van der Waals surface area (Å²) in [4.78, 5) is 26.7. The van der Waals surface area contributed by atoms with Crippen LogP contribution in [-0.4, -0.2) is 49.3 Å². The molecule has 2 amide bonds. The maximum atomic E-state index is 13.0. The highest BCUT2D eigenvalue weighted by molar-refractivity contribution is 7.98. The van der Waals surface area contributed by atoms with Gasteiger partial charge in [-0.05, 0) is 73.3 Å². The molecule has 0 aliphatic rings. The maximum absolute atomic E-state index is 13.0. The Morgan fingerprint density at radius 2 is 1.82 bits per heavy atom. The highest BCUT2D eigenvalue weighted by Crippen LogP contribution is 2.29. The minimum atomic E-state index is -0.932. The topological polar surface area (TPSA) is 132 Å². The van der Waals surface area contributed by atoms with E-state index in [0.717, 1.165) is 4.90 Å². The molecule has 5 N–H and O–H groups in total. The number of nitrogens with one attached hydrogen (secondary N) is 2. The van der Waals surface area contributed by atoms with Crippen LogP contribution in [0.1, 0.15) is 18.6 Å². The Morgan fingerprint density at radius 1 is 1.05 bits per heavy atom. The SMILES string of the molecule is CCO[C@H](/C=C/C(=O)Nc1ccccc1N)[C@H](OC(=O)Nc1ccc(SC)cc1)c1cccc(OCCO)c1. The van der Waals surface area contributed by atoms with Gasteiger partial charge in [0.05, 0.1) is 18.0 Å². The van der Waals surface area contributed by atoms with Crippen LogP contribution in [0.3, 0.4) is 0 Å². The van der Waals surface area contributed by atoms with Gasteiger partial charge in [-0.15, -0.1) is 11.8 Å². The van der Waals surface area contributed by atoms with Crippen molar-refractivity contribution in [3.63, 3.8) is 0 Å². The summed E-state index contributed by atoms with van der Waals surface area (Å²) in [6, 6.07) is 21.2. The van der Waals surface area contributed by atoms with Crippen LogP contribution in [0.4, 0.5) is 21.9 Å². The molecule has 3 aromatic rings. The number of thioether (sulfide) groups is 1. The molecule has 0 bridgehead atoms. The first kappa shape index (κ1) is 29.6. The summed E-state index contributed by atoms with van der Waals surface area (Å²) in [6.45, 7) is 2.06. The molecule has 0 aliphatic heterocycles. The van der Waals surface area contributed by atoms with E-state index in [1.54, 1.807) is 79.3 Å². The first-order valence-corrected chi connectivity index (χ1v) is 13.6. The standard InChI is InChI=1S/C29H33N3O6S/c1-3-36-26(15-16-27(34)32-25-10-5-4-9-24(25)30)28(20-7-6-8-22(19-20)37-18-17-33)38-29(35)31-21-11-13-23(39-2)14-12-21/h4-16,19,26,28,33H,3,17-18,30H2,1-2H3,(H,31,35)(H,32,34)/b16-15+/t26-,28-/m1/s1. The molecule has 0 aromatic heterocycles. The van der Waals surface area contributed by atoms with E-state index in [2.05, 4.69) is 10.6 Å². The Morgan fingerprint density at radius 3 is 2.51 bits per heavy atom.